The summed E-state index contributed by atoms with van der Waals surface area (Å²) in [5.41, 5.74) is -5.06. The van der Waals surface area contributed by atoms with Crippen molar-refractivity contribution in [2.24, 2.45) is 0 Å². The number of carbonyl (C=O) groups excluding carboxylic acids is 2. The molecule has 0 radical (unpaired) electrons. The predicted octanol–water partition coefficient (Wildman–Crippen LogP) is -0.771. The zero-order valence-electron chi connectivity index (χ0n) is 29.5. The Morgan fingerprint density at radius 2 is 1.75 bits per heavy atom. The van der Waals surface area contributed by atoms with Crippen molar-refractivity contribution in [2.45, 2.75) is 113 Å². The van der Waals surface area contributed by atoms with E-state index in [2.05, 4.69) is 0 Å². The predicted molar refractivity (Wildman–Crippen MR) is 171 cm³/mol. The first kappa shape index (κ1) is 38.5. The van der Waals surface area contributed by atoms with Crippen LogP contribution in [0.1, 0.15) is 72.9 Å². The SMILES string of the molecule is COc1c2c(c(O)c3c4c(c(C)cc13)[C@H](O)[C@@H]1O[C@@](O)(C(OC)OC)[C@](O)(CO)[C@]1(O)O4)C(=O)[C@@H](O)C[C@@H]2O[C@H]1C[C@@](C)(O)[C@H](OC(C)=O)[C@H](C)O1. The number of esters is 1. The minimum atomic E-state index is -3.16. The molecule has 2 saturated heterocycles. The number of aliphatic hydroxyl groups is 7. The van der Waals surface area contributed by atoms with Gasteiger partial charge in [0.2, 0.25) is 11.9 Å². The number of carbonyl (C=O) groups is 2. The Morgan fingerprint density at radius 1 is 1.10 bits per heavy atom. The molecule has 18 nitrogen and oxygen atoms in total. The zero-order chi connectivity index (χ0) is 38.5. The Hall–Kier alpha value is -3.24. The molecule has 0 aromatic heterocycles. The molecule has 0 unspecified atom stereocenters. The summed E-state index contributed by atoms with van der Waals surface area (Å²) < 4.78 is 45.0. The first-order chi connectivity index (χ1) is 24.3. The summed E-state index contributed by atoms with van der Waals surface area (Å²) in [7, 11) is 3.44. The van der Waals surface area contributed by atoms with E-state index in [0.717, 1.165) is 14.2 Å². The van der Waals surface area contributed by atoms with Crippen molar-refractivity contribution in [3.63, 3.8) is 0 Å². The number of aromatic hydroxyl groups is 1. The normalized spacial score (nSPS) is 38.4. The third-order valence-corrected chi connectivity index (χ3v) is 10.6. The molecule has 52 heavy (non-hydrogen) atoms. The molecular formula is C34H44O18. The Kier molecular flexibility index (Phi) is 9.59. The molecule has 8 N–H and O–H groups in total. The lowest BCUT2D eigenvalue weighted by molar-refractivity contribution is -0.378. The number of ether oxygens (including phenoxy) is 8. The number of phenolic OH excluding ortho intramolecular Hbond substituents is 1. The molecule has 1 aliphatic carbocycles. The van der Waals surface area contributed by atoms with Crippen molar-refractivity contribution in [3.8, 4) is 17.2 Å². The van der Waals surface area contributed by atoms with Gasteiger partial charge in [0.05, 0.1) is 36.9 Å². The fourth-order valence-corrected chi connectivity index (χ4v) is 8.16. The van der Waals surface area contributed by atoms with E-state index in [1.165, 1.54) is 27.0 Å². The van der Waals surface area contributed by atoms with Gasteiger partial charge in [-0.1, -0.05) is 0 Å². The molecule has 11 atom stereocenters. The number of ketones is 1. The second-order valence-corrected chi connectivity index (χ2v) is 13.9. The molecule has 0 amide bonds. The van der Waals surface area contributed by atoms with Gasteiger partial charge in [-0.3, -0.25) is 9.59 Å². The fourth-order valence-electron chi connectivity index (χ4n) is 8.16. The van der Waals surface area contributed by atoms with E-state index in [9.17, 15) is 50.4 Å². The molecule has 3 aliphatic heterocycles. The first-order valence-corrected chi connectivity index (χ1v) is 16.5. The van der Waals surface area contributed by atoms with Gasteiger partial charge in [0, 0.05) is 50.5 Å². The summed E-state index contributed by atoms with van der Waals surface area (Å²) in [5.74, 6) is -9.08. The highest BCUT2D eigenvalue weighted by Gasteiger charge is 2.80. The van der Waals surface area contributed by atoms with Crippen molar-refractivity contribution >= 4 is 22.5 Å². The maximum absolute atomic E-state index is 13.7. The lowest BCUT2D eigenvalue weighted by Crippen LogP contribution is -2.72. The number of fused-ring (bicyclic) bond motifs is 5. The molecule has 18 heteroatoms. The molecule has 4 aliphatic rings. The van der Waals surface area contributed by atoms with Crippen LogP contribution in [0.2, 0.25) is 0 Å². The lowest BCUT2D eigenvalue weighted by atomic mass is 9.78. The maximum Gasteiger partial charge on any atom is 0.303 e. The molecule has 2 fully saturated rings. The maximum atomic E-state index is 13.7. The number of Topliss-reactive ketones (excluding diaryl/α,β-unsaturated/α-hetero) is 1. The Labute approximate surface area is 296 Å². The average Bonchev–Trinajstić information content (AvgIpc) is 3.24. The summed E-state index contributed by atoms with van der Waals surface area (Å²) in [6.45, 7) is 4.33. The third kappa shape index (κ3) is 5.24. The summed E-state index contributed by atoms with van der Waals surface area (Å²) in [5, 5.41) is 91.2. The van der Waals surface area contributed by atoms with Crippen molar-refractivity contribution in [1.82, 2.24) is 0 Å². The summed E-state index contributed by atoms with van der Waals surface area (Å²) in [6.07, 6.45) is -12.2. The van der Waals surface area contributed by atoms with Crippen LogP contribution in [0.25, 0.3) is 10.8 Å². The van der Waals surface area contributed by atoms with Gasteiger partial charge in [-0.2, -0.15) is 0 Å². The van der Waals surface area contributed by atoms with Crippen LogP contribution in [0.3, 0.4) is 0 Å². The summed E-state index contributed by atoms with van der Waals surface area (Å²) in [6, 6.07) is 1.48. The minimum Gasteiger partial charge on any atom is -0.506 e. The highest BCUT2D eigenvalue weighted by molar-refractivity contribution is 6.13. The largest absolute Gasteiger partial charge is 0.506 e. The quantitative estimate of drug-likeness (QED) is 0.122. The topological polar surface area (TPSA) is 270 Å². The molecule has 0 bridgehead atoms. The van der Waals surface area contributed by atoms with Gasteiger partial charge in [0.25, 0.3) is 11.6 Å². The lowest BCUT2D eigenvalue weighted by Gasteiger charge is -2.46. The van der Waals surface area contributed by atoms with Gasteiger partial charge in [0.15, 0.2) is 24.3 Å². The smallest absolute Gasteiger partial charge is 0.303 e. The van der Waals surface area contributed by atoms with E-state index < -0.39 is 107 Å². The Bertz CT molecular complexity index is 1770. The van der Waals surface area contributed by atoms with Gasteiger partial charge < -0.3 is 78.7 Å². The van der Waals surface area contributed by atoms with Crippen molar-refractivity contribution in [1.29, 1.82) is 0 Å². The fraction of sp³-hybridized carbons (Fsp3) is 0.647. The van der Waals surface area contributed by atoms with Gasteiger partial charge in [-0.15, -0.1) is 0 Å². The van der Waals surface area contributed by atoms with Crippen LogP contribution < -0.4 is 9.47 Å². The molecule has 2 aromatic rings. The van der Waals surface area contributed by atoms with E-state index in [-0.39, 0.29) is 46.1 Å². The number of rotatable bonds is 8. The van der Waals surface area contributed by atoms with Gasteiger partial charge in [-0.05, 0) is 32.4 Å². The number of aryl methyl sites for hydroxylation is 1. The number of benzene rings is 2. The van der Waals surface area contributed by atoms with Gasteiger partial charge in [-0.25, -0.2) is 0 Å². The van der Waals surface area contributed by atoms with Crippen LogP contribution >= 0.6 is 0 Å². The number of hydrogen-bond acceptors (Lipinski definition) is 18. The van der Waals surface area contributed by atoms with Crippen LogP contribution in [0, 0.1) is 6.92 Å². The second-order valence-electron chi connectivity index (χ2n) is 13.9. The number of hydrogen-bond donors (Lipinski definition) is 8. The number of aliphatic hydroxyl groups excluding tert-OH is 3. The van der Waals surface area contributed by atoms with Crippen LogP contribution in [-0.2, 0) is 33.2 Å². The summed E-state index contributed by atoms with van der Waals surface area (Å²) in [4.78, 5) is 25.4. The van der Waals surface area contributed by atoms with E-state index in [0.29, 0.717) is 0 Å². The van der Waals surface area contributed by atoms with Crippen molar-refractivity contribution < 1.29 is 88.3 Å². The van der Waals surface area contributed by atoms with Crippen molar-refractivity contribution in [3.05, 3.63) is 28.3 Å². The molecule has 0 saturated carbocycles. The molecule has 288 valence electrons. The van der Waals surface area contributed by atoms with Gasteiger partial charge >= 0.3 is 5.97 Å². The van der Waals surface area contributed by atoms with Crippen LogP contribution in [0.4, 0.5) is 0 Å². The summed E-state index contributed by atoms with van der Waals surface area (Å²) >= 11 is 0. The van der Waals surface area contributed by atoms with Crippen LogP contribution in [0.15, 0.2) is 6.07 Å². The third-order valence-electron chi connectivity index (χ3n) is 10.6. The first-order valence-electron chi connectivity index (χ1n) is 16.5. The highest BCUT2D eigenvalue weighted by atomic mass is 16.8. The van der Waals surface area contributed by atoms with E-state index >= 15 is 0 Å². The van der Waals surface area contributed by atoms with Gasteiger partial charge in [0.1, 0.15) is 35.1 Å². The molecular weight excluding hydrogens is 696 g/mol. The Balaban J connectivity index is 1.51. The standard InChI is InChI=1S/C34H44O18/c1-12-8-15-20(27-19(12)25(40)29-33(43,51-27)32(42,11-35)34(44,52-29)30(46-6)47-7)24(39)22-21(26(15)45-5)17(9-16(37)23(22)38)50-18-10-31(4,41)28(13(2)48-18)49-14(3)36/h8,13,16-18,25,28-30,35,37,39-44H,9-11H2,1-7H3/t13-,16-,17-,18-,25-,28+,29-,31+,32-,33+,34-/m0/s1. The molecule has 3 heterocycles. The number of phenols is 1. The second kappa shape index (κ2) is 13.0. The minimum absolute atomic E-state index is 0.00145. The average molecular weight is 741 g/mol. The zero-order valence-corrected chi connectivity index (χ0v) is 29.5. The highest BCUT2D eigenvalue weighted by Crippen LogP contribution is 2.60. The van der Waals surface area contributed by atoms with Crippen LogP contribution in [-0.4, -0.2) is 140 Å². The monoisotopic (exact) mass is 740 g/mol. The van der Waals surface area contributed by atoms with Crippen LogP contribution in [0.5, 0.6) is 17.2 Å². The number of methoxy groups -OCH3 is 3. The van der Waals surface area contributed by atoms with E-state index in [4.69, 9.17) is 37.9 Å². The Morgan fingerprint density at radius 3 is 2.31 bits per heavy atom. The molecule has 0 spiro atoms. The molecule has 2 aromatic carbocycles. The van der Waals surface area contributed by atoms with Crippen molar-refractivity contribution in [2.75, 3.05) is 27.9 Å². The van der Waals surface area contributed by atoms with E-state index in [1.807, 2.05) is 0 Å². The van der Waals surface area contributed by atoms with E-state index in [1.54, 1.807) is 13.8 Å². The molecule has 6 rings (SSSR count).